The molecule has 104 valence electrons. The predicted octanol–water partition coefficient (Wildman–Crippen LogP) is 2.35. The molecule has 1 atom stereocenters. The number of aromatic nitrogens is 2. The summed E-state index contributed by atoms with van der Waals surface area (Å²) in [7, 11) is 0. The first-order valence-electron chi connectivity index (χ1n) is 6.41. The molecule has 1 amide bonds. The van der Waals surface area contributed by atoms with Crippen molar-refractivity contribution < 1.29 is 13.7 Å². The Kier molecular flexibility index (Phi) is 3.00. The molecule has 1 fully saturated rings. The maximum atomic E-state index is 13.3. The zero-order valence-corrected chi connectivity index (χ0v) is 11.3. The summed E-state index contributed by atoms with van der Waals surface area (Å²) in [6.45, 7) is 3.89. The lowest BCUT2D eigenvalue weighted by molar-refractivity contribution is -0.117. The van der Waals surface area contributed by atoms with E-state index in [-0.39, 0.29) is 17.6 Å². The summed E-state index contributed by atoms with van der Waals surface area (Å²) < 4.78 is 18.2. The van der Waals surface area contributed by atoms with Gasteiger partial charge in [-0.1, -0.05) is 5.16 Å². The predicted molar refractivity (Wildman–Crippen MR) is 69.9 cm³/mol. The maximum absolute atomic E-state index is 13.3. The molecule has 0 saturated carbocycles. The summed E-state index contributed by atoms with van der Waals surface area (Å²) in [5.74, 6) is 0.681. The smallest absolute Gasteiger partial charge is 0.227 e. The van der Waals surface area contributed by atoms with E-state index >= 15 is 0 Å². The third-order valence-electron chi connectivity index (χ3n) is 3.49. The highest BCUT2D eigenvalue weighted by molar-refractivity contribution is 5.96. The fourth-order valence-corrected chi connectivity index (χ4v) is 2.41. The molecule has 5 nitrogen and oxygen atoms in total. The topological polar surface area (TPSA) is 59.2 Å². The minimum atomic E-state index is -0.272. The van der Waals surface area contributed by atoms with Crippen LogP contribution in [0, 0.1) is 19.7 Å². The lowest BCUT2D eigenvalue weighted by Crippen LogP contribution is -2.24. The fourth-order valence-electron chi connectivity index (χ4n) is 2.41. The number of nitrogens with zero attached hydrogens (tertiary/aromatic N) is 3. The summed E-state index contributed by atoms with van der Waals surface area (Å²) >= 11 is 0. The number of hydrogen-bond acceptors (Lipinski definition) is 4. The van der Waals surface area contributed by atoms with E-state index in [1.807, 2.05) is 0 Å². The second kappa shape index (κ2) is 4.70. The van der Waals surface area contributed by atoms with Crippen LogP contribution in [0.2, 0.25) is 0 Å². The molecule has 1 aliphatic heterocycles. The molecule has 6 heteroatoms. The van der Waals surface area contributed by atoms with E-state index in [0.29, 0.717) is 35.9 Å². The van der Waals surface area contributed by atoms with Gasteiger partial charge in [0, 0.05) is 31.5 Å². The van der Waals surface area contributed by atoms with E-state index in [2.05, 4.69) is 10.1 Å². The Balaban J connectivity index is 1.85. The van der Waals surface area contributed by atoms with Gasteiger partial charge >= 0.3 is 0 Å². The number of hydrogen-bond donors (Lipinski definition) is 0. The Bertz CT molecular complexity index is 668. The average Bonchev–Trinajstić information content (AvgIpc) is 2.99. The second-order valence-corrected chi connectivity index (χ2v) is 5.01. The molecule has 0 spiro atoms. The van der Waals surface area contributed by atoms with Crippen LogP contribution in [0.5, 0.6) is 0 Å². The number of benzene rings is 1. The van der Waals surface area contributed by atoms with E-state index in [0.717, 1.165) is 0 Å². The van der Waals surface area contributed by atoms with Gasteiger partial charge in [-0.05, 0) is 30.7 Å². The molecule has 1 saturated heterocycles. The number of halogens is 1. The Morgan fingerprint density at radius 1 is 1.40 bits per heavy atom. The first kappa shape index (κ1) is 12.8. The van der Waals surface area contributed by atoms with Gasteiger partial charge in [-0.3, -0.25) is 4.79 Å². The number of anilines is 1. The van der Waals surface area contributed by atoms with Crippen molar-refractivity contribution in [2.45, 2.75) is 26.2 Å². The van der Waals surface area contributed by atoms with E-state index in [1.54, 1.807) is 30.9 Å². The van der Waals surface area contributed by atoms with E-state index in [1.165, 1.54) is 6.07 Å². The molecule has 0 N–H and O–H groups in total. The lowest BCUT2D eigenvalue weighted by Gasteiger charge is -2.16. The highest BCUT2D eigenvalue weighted by Crippen LogP contribution is 2.31. The molecule has 0 radical (unpaired) electrons. The van der Waals surface area contributed by atoms with Gasteiger partial charge in [0.1, 0.15) is 5.82 Å². The second-order valence-electron chi connectivity index (χ2n) is 5.01. The molecular formula is C14H14FN3O2. The minimum absolute atomic E-state index is 0.0107. The lowest BCUT2D eigenvalue weighted by atomic mass is 10.1. The van der Waals surface area contributed by atoms with Crippen molar-refractivity contribution in [1.82, 2.24) is 10.1 Å². The monoisotopic (exact) mass is 275 g/mol. The normalized spacial score (nSPS) is 18.9. The largest absolute Gasteiger partial charge is 0.340 e. The van der Waals surface area contributed by atoms with Crippen LogP contribution in [0.4, 0.5) is 10.1 Å². The Morgan fingerprint density at radius 2 is 2.20 bits per heavy atom. The molecule has 1 aliphatic rings. The van der Waals surface area contributed by atoms with Crippen LogP contribution in [0.1, 0.15) is 29.6 Å². The fraction of sp³-hybridized carbons (Fsp3) is 0.357. The molecular weight excluding hydrogens is 261 g/mol. The van der Waals surface area contributed by atoms with E-state index in [4.69, 9.17) is 4.52 Å². The number of carbonyl (C=O) groups excluding carboxylic acids is 1. The summed E-state index contributed by atoms with van der Waals surface area (Å²) in [6.07, 6.45) is 0.343. The van der Waals surface area contributed by atoms with Crippen LogP contribution < -0.4 is 4.90 Å². The van der Waals surface area contributed by atoms with Crippen molar-refractivity contribution in [3.63, 3.8) is 0 Å². The van der Waals surface area contributed by atoms with Crippen molar-refractivity contribution in [2.24, 2.45) is 0 Å². The van der Waals surface area contributed by atoms with E-state index in [9.17, 15) is 9.18 Å². The van der Waals surface area contributed by atoms with Crippen LogP contribution in [0.15, 0.2) is 22.7 Å². The summed E-state index contributed by atoms with van der Waals surface area (Å²) in [5, 5.41) is 3.87. The molecule has 2 heterocycles. The Morgan fingerprint density at radius 3 is 2.85 bits per heavy atom. The zero-order chi connectivity index (χ0) is 14.3. The minimum Gasteiger partial charge on any atom is -0.340 e. The molecule has 2 aromatic rings. The first-order valence-corrected chi connectivity index (χ1v) is 6.41. The van der Waals surface area contributed by atoms with Gasteiger partial charge in [-0.2, -0.15) is 4.98 Å². The summed E-state index contributed by atoms with van der Waals surface area (Å²) in [4.78, 5) is 17.9. The zero-order valence-electron chi connectivity index (χ0n) is 11.3. The highest BCUT2D eigenvalue weighted by atomic mass is 19.1. The quantitative estimate of drug-likeness (QED) is 0.844. The van der Waals surface area contributed by atoms with Gasteiger partial charge in [0.25, 0.3) is 0 Å². The van der Waals surface area contributed by atoms with Crippen molar-refractivity contribution in [2.75, 3.05) is 11.4 Å². The SMILES string of the molecule is Cc1nc(C2CC(=O)N(c3ccc(F)c(C)c3)C2)no1. The van der Waals surface area contributed by atoms with Crippen molar-refractivity contribution >= 4 is 11.6 Å². The molecule has 1 aromatic heterocycles. The Hall–Kier alpha value is -2.24. The van der Waals surface area contributed by atoms with Gasteiger partial charge in [0.15, 0.2) is 5.82 Å². The van der Waals surface area contributed by atoms with Gasteiger partial charge in [0.2, 0.25) is 11.8 Å². The highest BCUT2D eigenvalue weighted by Gasteiger charge is 2.34. The molecule has 20 heavy (non-hydrogen) atoms. The molecule has 1 unspecified atom stereocenters. The van der Waals surface area contributed by atoms with Crippen LogP contribution in [-0.2, 0) is 4.79 Å². The average molecular weight is 275 g/mol. The van der Waals surface area contributed by atoms with Gasteiger partial charge in [-0.25, -0.2) is 4.39 Å². The van der Waals surface area contributed by atoms with Crippen LogP contribution in [0.25, 0.3) is 0 Å². The first-order chi connectivity index (χ1) is 9.54. The van der Waals surface area contributed by atoms with Crippen molar-refractivity contribution in [3.05, 3.63) is 41.3 Å². The van der Waals surface area contributed by atoms with Crippen LogP contribution in [-0.4, -0.2) is 22.6 Å². The third-order valence-corrected chi connectivity index (χ3v) is 3.49. The van der Waals surface area contributed by atoms with Gasteiger partial charge < -0.3 is 9.42 Å². The number of aryl methyl sites for hydroxylation is 2. The standard InChI is InChI=1S/C14H14FN3O2/c1-8-5-11(3-4-12(8)15)18-7-10(6-13(18)19)14-16-9(2)20-17-14/h3-5,10H,6-7H2,1-2H3. The van der Waals surface area contributed by atoms with Crippen molar-refractivity contribution in [3.8, 4) is 0 Å². The molecule has 0 aliphatic carbocycles. The van der Waals surface area contributed by atoms with Crippen molar-refractivity contribution in [1.29, 1.82) is 0 Å². The molecule has 1 aromatic carbocycles. The molecule has 3 rings (SSSR count). The third kappa shape index (κ3) is 2.17. The Labute approximate surface area is 115 Å². The van der Waals surface area contributed by atoms with E-state index < -0.39 is 0 Å². The molecule has 0 bridgehead atoms. The van der Waals surface area contributed by atoms with Crippen LogP contribution >= 0.6 is 0 Å². The number of carbonyl (C=O) groups is 1. The van der Waals surface area contributed by atoms with Gasteiger partial charge in [0.05, 0.1) is 0 Å². The maximum Gasteiger partial charge on any atom is 0.227 e. The van der Waals surface area contributed by atoms with Gasteiger partial charge in [-0.15, -0.1) is 0 Å². The summed E-state index contributed by atoms with van der Waals surface area (Å²) in [6, 6.07) is 4.67. The number of rotatable bonds is 2. The summed E-state index contributed by atoms with van der Waals surface area (Å²) in [5.41, 5.74) is 1.23. The number of amides is 1. The van der Waals surface area contributed by atoms with Crippen LogP contribution in [0.3, 0.4) is 0 Å².